The fraction of sp³-hybridized carbons (Fsp3) is 0.667. The number of carbonyl (C=O) groups excluding carboxylic acids is 2. The van der Waals surface area contributed by atoms with Crippen LogP contribution in [0.15, 0.2) is 12.2 Å². The van der Waals surface area contributed by atoms with Gasteiger partial charge < -0.3 is 9.64 Å². The zero-order valence-electron chi connectivity index (χ0n) is 11.2. The highest BCUT2D eigenvalue weighted by molar-refractivity contribution is 6.76. The number of halogens is 3. The van der Waals surface area contributed by atoms with Gasteiger partial charge in [0, 0.05) is 6.54 Å². The summed E-state index contributed by atoms with van der Waals surface area (Å²) < 4.78 is 2.57. The molecule has 1 amide bonds. The Morgan fingerprint density at radius 2 is 1.84 bits per heavy atom. The van der Waals surface area contributed by atoms with E-state index >= 15 is 0 Å². The molecule has 1 unspecified atom stereocenters. The number of amides is 1. The van der Waals surface area contributed by atoms with Crippen molar-refractivity contribution in [1.29, 1.82) is 0 Å². The molecule has 0 aromatic rings. The number of nitrogens with zero attached hydrogens (tertiary/aromatic N) is 1. The summed E-state index contributed by atoms with van der Waals surface area (Å²) in [6.45, 7) is 3.90. The minimum Gasteiger partial charge on any atom is -0.467 e. The molecule has 0 N–H and O–H groups in total. The van der Waals surface area contributed by atoms with E-state index in [1.807, 2.05) is 13.0 Å². The summed E-state index contributed by atoms with van der Waals surface area (Å²) in [7, 11) is 1.25. The van der Waals surface area contributed by atoms with Crippen LogP contribution in [0.5, 0.6) is 0 Å². The molecule has 0 rings (SSSR count). The molecule has 0 fully saturated rings. The van der Waals surface area contributed by atoms with Crippen molar-refractivity contribution in [3.05, 3.63) is 12.2 Å². The van der Waals surface area contributed by atoms with Crippen LogP contribution < -0.4 is 0 Å². The molecular weight excluding hydrogens is 312 g/mol. The van der Waals surface area contributed by atoms with Crippen LogP contribution in [0.25, 0.3) is 0 Å². The smallest absolute Gasteiger partial charge is 0.328 e. The molecule has 0 radical (unpaired) electrons. The lowest BCUT2D eigenvalue weighted by molar-refractivity contribution is -0.152. The van der Waals surface area contributed by atoms with Gasteiger partial charge in [0.15, 0.2) is 0 Å². The minimum atomic E-state index is -2.10. The van der Waals surface area contributed by atoms with E-state index in [0.29, 0.717) is 6.42 Å². The Labute approximate surface area is 128 Å². The predicted octanol–water partition coefficient (Wildman–Crippen LogP) is 3.10. The predicted molar refractivity (Wildman–Crippen MR) is 77.5 cm³/mol. The van der Waals surface area contributed by atoms with Crippen molar-refractivity contribution in [2.24, 2.45) is 0 Å². The summed E-state index contributed by atoms with van der Waals surface area (Å²) >= 11 is 16.8. The zero-order valence-corrected chi connectivity index (χ0v) is 13.4. The second kappa shape index (κ2) is 8.67. The standard InChI is InChI=1S/C12H18Cl3NO3/c1-4-6-7-8-16(11(18)12(13,14)15)9(5-2)10(17)19-3/h6-7,9H,4-5,8H2,1-3H3/b7-6+. The third kappa shape index (κ3) is 6.02. The third-order valence-corrected chi connectivity index (χ3v) is 2.93. The fourth-order valence-corrected chi connectivity index (χ4v) is 1.85. The van der Waals surface area contributed by atoms with Crippen LogP contribution in [0.4, 0.5) is 0 Å². The van der Waals surface area contributed by atoms with Crippen LogP contribution in [0.1, 0.15) is 26.7 Å². The van der Waals surface area contributed by atoms with E-state index in [4.69, 9.17) is 34.8 Å². The zero-order chi connectivity index (χ0) is 15.1. The van der Waals surface area contributed by atoms with Gasteiger partial charge >= 0.3 is 5.97 Å². The Balaban J connectivity index is 5.19. The molecule has 0 spiro atoms. The van der Waals surface area contributed by atoms with Gasteiger partial charge in [-0.3, -0.25) is 4.79 Å². The number of esters is 1. The van der Waals surface area contributed by atoms with Gasteiger partial charge in [-0.25, -0.2) is 4.79 Å². The van der Waals surface area contributed by atoms with E-state index in [1.165, 1.54) is 12.0 Å². The van der Waals surface area contributed by atoms with E-state index in [0.717, 1.165) is 6.42 Å². The number of hydrogen-bond acceptors (Lipinski definition) is 3. The third-order valence-electron chi connectivity index (χ3n) is 2.44. The second-order valence-corrected chi connectivity index (χ2v) is 6.06. The molecule has 0 heterocycles. The van der Waals surface area contributed by atoms with E-state index in [9.17, 15) is 9.59 Å². The first-order valence-corrected chi connectivity index (χ1v) is 7.03. The number of rotatable bonds is 6. The lowest BCUT2D eigenvalue weighted by Crippen LogP contribution is -2.49. The highest BCUT2D eigenvalue weighted by atomic mass is 35.6. The van der Waals surface area contributed by atoms with Gasteiger partial charge in [-0.1, -0.05) is 60.8 Å². The van der Waals surface area contributed by atoms with E-state index < -0.39 is 21.7 Å². The summed E-state index contributed by atoms with van der Waals surface area (Å²) in [5.74, 6) is -1.27. The molecule has 1 atom stereocenters. The molecule has 0 aromatic carbocycles. The van der Waals surface area contributed by atoms with Gasteiger partial charge in [-0.15, -0.1) is 0 Å². The van der Waals surface area contributed by atoms with Crippen molar-refractivity contribution in [1.82, 2.24) is 4.90 Å². The van der Waals surface area contributed by atoms with E-state index in [-0.39, 0.29) is 6.54 Å². The maximum Gasteiger partial charge on any atom is 0.328 e. The normalized spacial score (nSPS) is 13.4. The minimum absolute atomic E-state index is 0.189. The Morgan fingerprint density at radius 1 is 1.26 bits per heavy atom. The van der Waals surface area contributed by atoms with Gasteiger partial charge in [-0.2, -0.15) is 0 Å². The molecule has 0 aliphatic rings. The topological polar surface area (TPSA) is 46.6 Å². The van der Waals surface area contributed by atoms with Crippen molar-refractivity contribution in [3.63, 3.8) is 0 Å². The van der Waals surface area contributed by atoms with Gasteiger partial charge in [-0.05, 0) is 12.8 Å². The SMILES string of the molecule is CC/C=C/CN(C(=O)C(Cl)(Cl)Cl)C(CC)C(=O)OC. The first-order chi connectivity index (χ1) is 8.79. The summed E-state index contributed by atoms with van der Waals surface area (Å²) in [6, 6.07) is -0.769. The number of methoxy groups -OCH3 is 1. The number of allylic oxidation sites excluding steroid dienone is 1. The van der Waals surface area contributed by atoms with Gasteiger partial charge in [0.1, 0.15) is 6.04 Å². The quantitative estimate of drug-likeness (QED) is 0.427. The molecule has 0 saturated carbocycles. The second-order valence-electron chi connectivity index (χ2n) is 3.78. The highest BCUT2D eigenvalue weighted by Crippen LogP contribution is 2.30. The van der Waals surface area contributed by atoms with E-state index in [2.05, 4.69) is 4.74 Å². The van der Waals surface area contributed by atoms with Crippen LogP contribution in [-0.4, -0.2) is 40.3 Å². The molecule has 110 valence electrons. The molecule has 19 heavy (non-hydrogen) atoms. The van der Waals surface area contributed by atoms with E-state index in [1.54, 1.807) is 13.0 Å². The van der Waals surface area contributed by atoms with Crippen LogP contribution in [0, 0.1) is 0 Å². The molecule has 0 aliphatic heterocycles. The van der Waals surface area contributed by atoms with Gasteiger partial charge in [0.05, 0.1) is 7.11 Å². The van der Waals surface area contributed by atoms with Gasteiger partial charge in [0.25, 0.3) is 9.70 Å². The highest BCUT2D eigenvalue weighted by Gasteiger charge is 2.39. The fourth-order valence-electron chi connectivity index (χ4n) is 1.52. The van der Waals surface area contributed by atoms with Crippen molar-refractivity contribution in [3.8, 4) is 0 Å². The lowest BCUT2D eigenvalue weighted by atomic mass is 10.2. The molecule has 7 heteroatoms. The Morgan fingerprint density at radius 3 is 2.21 bits per heavy atom. The van der Waals surface area contributed by atoms with Crippen LogP contribution in [-0.2, 0) is 14.3 Å². The van der Waals surface area contributed by atoms with Crippen molar-refractivity contribution >= 4 is 46.7 Å². The largest absolute Gasteiger partial charge is 0.467 e. The summed E-state index contributed by atoms with van der Waals surface area (Å²) in [5.41, 5.74) is 0. The summed E-state index contributed by atoms with van der Waals surface area (Å²) in [4.78, 5) is 25.0. The van der Waals surface area contributed by atoms with Crippen LogP contribution in [0.3, 0.4) is 0 Å². The molecule has 0 aliphatic carbocycles. The Bertz CT molecular complexity index is 340. The first kappa shape index (κ1) is 18.6. The number of ether oxygens (including phenoxy) is 1. The number of alkyl halides is 3. The Hall–Kier alpha value is -0.450. The van der Waals surface area contributed by atoms with Crippen molar-refractivity contribution in [2.75, 3.05) is 13.7 Å². The monoisotopic (exact) mass is 329 g/mol. The summed E-state index contributed by atoms with van der Waals surface area (Å²) in [6.07, 6.45) is 4.80. The molecule has 0 aromatic heterocycles. The molecule has 4 nitrogen and oxygen atoms in total. The van der Waals surface area contributed by atoms with Crippen LogP contribution >= 0.6 is 34.8 Å². The summed E-state index contributed by atoms with van der Waals surface area (Å²) in [5, 5.41) is 0. The van der Waals surface area contributed by atoms with Crippen LogP contribution in [0.2, 0.25) is 0 Å². The van der Waals surface area contributed by atoms with Gasteiger partial charge in [0.2, 0.25) is 0 Å². The van der Waals surface area contributed by atoms with Crippen molar-refractivity contribution < 1.29 is 14.3 Å². The van der Waals surface area contributed by atoms with Crippen molar-refractivity contribution in [2.45, 2.75) is 36.5 Å². The maximum absolute atomic E-state index is 12.1. The number of carbonyl (C=O) groups is 2. The molecule has 0 saturated heterocycles. The first-order valence-electron chi connectivity index (χ1n) is 5.90. The molecular formula is C12H18Cl3NO3. The Kier molecular flexibility index (Phi) is 8.46. The maximum atomic E-state index is 12.1. The molecule has 0 bridgehead atoms. The number of hydrogen-bond donors (Lipinski definition) is 0. The lowest BCUT2D eigenvalue weighted by Gasteiger charge is -2.30. The average Bonchev–Trinajstić information content (AvgIpc) is 2.35. The average molecular weight is 331 g/mol.